The Hall–Kier alpha value is 0.220. The highest BCUT2D eigenvalue weighted by Gasteiger charge is 2.16. The summed E-state index contributed by atoms with van der Waals surface area (Å²) in [5.74, 6) is 1.62. The summed E-state index contributed by atoms with van der Waals surface area (Å²) in [6, 6.07) is 0. The first kappa shape index (κ1) is 7.33. The molecule has 1 aliphatic carbocycles. The lowest BCUT2D eigenvalue weighted by atomic mass is 9.87. The molecule has 0 aromatic rings. The Morgan fingerprint density at radius 3 is 2.44 bits per heavy atom. The van der Waals surface area contributed by atoms with Crippen LogP contribution in [0.25, 0.3) is 0 Å². The summed E-state index contributed by atoms with van der Waals surface area (Å²) in [6.45, 7) is 4.59. The van der Waals surface area contributed by atoms with E-state index in [1.54, 1.807) is 0 Å². The van der Waals surface area contributed by atoms with Gasteiger partial charge in [0.2, 0.25) is 0 Å². The molecule has 1 aliphatic rings. The molecule has 3 unspecified atom stereocenters. The van der Waals surface area contributed by atoms with Crippen LogP contribution in [0.15, 0.2) is 12.2 Å². The number of hydrogen-bond acceptors (Lipinski definition) is 0. The van der Waals surface area contributed by atoms with E-state index in [2.05, 4.69) is 41.9 Å². The molecule has 0 saturated heterocycles. The van der Waals surface area contributed by atoms with Gasteiger partial charge >= 0.3 is 0 Å². The predicted molar refractivity (Wildman–Crippen MR) is 44.8 cm³/mol. The van der Waals surface area contributed by atoms with Crippen molar-refractivity contribution in [3.8, 4) is 0 Å². The molecular formula is C8H13Br. The van der Waals surface area contributed by atoms with Gasteiger partial charge in [-0.2, -0.15) is 0 Å². The average molecular weight is 189 g/mol. The van der Waals surface area contributed by atoms with Crippen LogP contribution in [0.5, 0.6) is 0 Å². The highest BCUT2D eigenvalue weighted by atomic mass is 79.9. The second-order valence-corrected chi connectivity index (χ2v) is 4.15. The van der Waals surface area contributed by atoms with Crippen LogP contribution in [0.3, 0.4) is 0 Å². The molecule has 0 fully saturated rings. The Bertz CT molecular complexity index is 118. The van der Waals surface area contributed by atoms with Gasteiger partial charge in [0.1, 0.15) is 0 Å². The highest BCUT2D eigenvalue weighted by molar-refractivity contribution is 9.09. The van der Waals surface area contributed by atoms with Gasteiger partial charge in [-0.3, -0.25) is 0 Å². The maximum atomic E-state index is 3.57. The molecule has 0 N–H and O–H groups in total. The van der Waals surface area contributed by atoms with E-state index in [1.165, 1.54) is 6.42 Å². The van der Waals surface area contributed by atoms with Gasteiger partial charge in [-0.05, 0) is 18.3 Å². The summed E-state index contributed by atoms with van der Waals surface area (Å²) in [6.07, 6.45) is 5.84. The Morgan fingerprint density at radius 1 is 1.33 bits per heavy atom. The van der Waals surface area contributed by atoms with Crippen molar-refractivity contribution in [2.45, 2.75) is 25.1 Å². The predicted octanol–water partition coefficient (Wildman–Crippen LogP) is 2.98. The second-order valence-electron chi connectivity index (χ2n) is 2.97. The fourth-order valence-electron chi connectivity index (χ4n) is 1.13. The van der Waals surface area contributed by atoms with Crippen molar-refractivity contribution < 1.29 is 0 Å². The van der Waals surface area contributed by atoms with Crippen molar-refractivity contribution in [3.63, 3.8) is 0 Å². The number of alkyl halides is 1. The zero-order valence-corrected chi connectivity index (χ0v) is 7.56. The molecule has 0 heterocycles. The van der Waals surface area contributed by atoms with E-state index in [0.29, 0.717) is 4.83 Å². The second kappa shape index (κ2) is 2.87. The topological polar surface area (TPSA) is 0 Å². The monoisotopic (exact) mass is 188 g/mol. The minimum absolute atomic E-state index is 0.628. The van der Waals surface area contributed by atoms with Crippen molar-refractivity contribution >= 4 is 15.9 Å². The van der Waals surface area contributed by atoms with Crippen LogP contribution >= 0.6 is 15.9 Å². The third kappa shape index (κ3) is 1.82. The quantitative estimate of drug-likeness (QED) is 0.406. The molecule has 0 radical (unpaired) electrons. The molecular weight excluding hydrogens is 176 g/mol. The van der Waals surface area contributed by atoms with Gasteiger partial charge < -0.3 is 0 Å². The summed E-state index contributed by atoms with van der Waals surface area (Å²) in [4.78, 5) is 0.628. The van der Waals surface area contributed by atoms with Gasteiger partial charge in [-0.15, -0.1) is 0 Å². The lowest BCUT2D eigenvalue weighted by Gasteiger charge is -2.23. The fourth-order valence-corrected chi connectivity index (χ4v) is 1.90. The number of hydrogen-bond donors (Lipinski definition) is 0. The summed E-state index contributed by atoms with van der Waals surface area (Å²) in [7, 11) is 0. The highest BCUT2D eigenvalue weighted by Crippen LogP contribution is 2.27. The summed E-state index contributed by atoms with van der Waals surface area (Å²) in [5.41, 5.74) is 0. The molecule has 0 aliphatic heterocycles. The smallest absolute Gasteiger partial charge is 0.0328 e. The molecule has 52 valence electrons. The Kier molecular flexibility index (Phi) is 2.34. The Balaban J connectivity index is 2.54. The molecule has 0 aromatic carbocycles. The van der Waals surface area contributed by atoms with Crippen LogP contribution in [0, 0.1) is 11.8 Å². The molecule has 3 atom stereocenters. The fraction of sp³-hybridized carbons (Fsp3) is 0.750. The van der Waals surface area contributed by atoms with E-state index in [4.69, 9.17) is 0 Å². The molecule has 1 rings (SSSR count). The van der Waals surface area contributed by atoms with Gasteiger partial charge in [0.15, 0.2) is 0 Å². The lowest BCUT2D eigenvalue weighted by molar-refractivity contribution is 0.420. The first-order chi connectivity index (χ1) is 4.20. The van der Waals surface area contributed by atoms with Gasteiger partial charge in [-0.25, -0.2) is 0 Å². The van der Waals surface area contributed by atoms with Crippen LogP contribution in [-0.2, 0) is 0 Å². The van der Waals surface area contributed by atoms with E-state index >= 15 is 0 Å². The Morgan fingerprint density at radius 2 is 2.00 bits per heavy atom. The normalized spacial score (nSPS) is 43.2. The van der Waals surface area contributed by atoms with Crippen molar-refractivity contribution in [3.05, 3.63) is 12.2 Å². The van der Waals surface area contributed by atoms with Gasteiger partial charge in [-0.1, -0.05) is 41.9 Å². The number of halogens is 1. The van der Waals surface area contributed by atoms with Crippen LogP contribution in [0.4, 0.5) is 0 Å². The first-order valence-electron chi connectivity index (χ1n) is 3.52. The standard InChI is InChI=1S/C8H13Br/c1-6-3-4-8(9)5-7(6)2/h3-4,6-8H,5H2,1-2H3. The number of allylic oxidation sites excluding steroid dienone is 2. The van der Waals surface area contributed by atoms with E-state index in [9.17, 15) is 0 Å². The van der Waals surface area contributed by atoms with Crippen LogP contribution < -0.4 is 0 Å². The maximum absolute atomic E-state index is 3.57. The van der Waals surface area contributed by atoms with Crippen LogP contribution in [0.2, 0.25) is 0 Å². The maximum Gasteiger partial charge on any atom is 0.0328 e. The van der Waals surface area contributed by atoms with Crippen molar-refractivity contribution in [1.82, 2.24) is 0 Å². The molecule has 0 nitrogen and oxygen atoms in total. The molecule has 0 spiro atoms. The van der Waals surface area contributed by atoms with Crippen LogP contribution in [0.1, 0.15) is 20.3 Å². The minimum Gasteiger partial charge on any atom is -0.0845 e. The SMILES string of the molecule is CC1C=CC(Br)CC1C. The average Bonchev–Trinajstić information content (AvgIpc) is 1.80. The van der Waals surface area contributed by atoms with E-state index in [1.807, 2.05) is 0 Å². The van der Waals surface area contributed by atoms with Gasteiger partial charge in [0.05, 0.1) is 0 Å². The molecule has 1 heteroatoms. The summed E-state index contributed by atoms with van der Waals surface area (Å²) in [5, 5.41) is 0. The van der Waals surface area contributed by atoms with Crippen molar-refractivity contribution in [1.29, 1.82) is 0 Å². The third-order valence-corrected chi connectivity index (χ3v) is 2.80. The first-order valence-corrected chi connectivity index (χ1v) is 4.44. The number of rotatable bonds is 0. The van der Waals surface area contributed by atoms with Crippen LogP contribution in [-0.4, -0.2) is 4.83 Å². The summed E-state index contributed by atoms with van der Waals surface area (Å²) < 4.78 is 0. The van der Waals surface area contributed by atoms with Gasteiger partial charge in [0, 0.05) is 4.83 Å². The lowest BCUT2D eigenvalue weighted by Crippen LogP contribution is -2.15. The molecule has 0 amide bonds. The van der Waals surface area contributed by atoms with E-state index in [0.717, 1.165) is 11.8 Å². The molecule has 0 saturated carbocycles. The van der Waals surface area contributed by atoms with Gasteiger partial charge in [0.25, 0.3) is 0 Å². The largest absolute Gasteiger partial charge is 0.0845 e. The molecule has 0 aromatic heterocycles. The van der Waals surface area contributed by atoms with E-state index in [-0.39, 0.29) is 0 Å². The summed E-state index contributed by atoms with van der Waals surface area (Å²) >= 11 is 3.57. The molecule has 9 heavy (non-hydrogen) atoms. The molecule has 0 bridgehead atoms. The van der Waals surface area contributed by atoms with Crippen molar-refractivity contribution in [2.75, 3.05) is 0 Å². The zero-order chi connectivity index (χ0) is 6.85. The third-order valence-electron chi connectivity index (χ3n) is 2.12. The van der Waals surface area contributed by atoms with E-state index < -0.39 is 0 Å². The van der Waals surface area contributed by atoms with Crippen molar-refractivity contribution in [2.24, 2.45) is 11.8 Å². The zero-order valence-electron chi connectivity index (χ0n) is 5.97. The Labute approximate surface area is 65.5 Å². The minimum atomic E-state index is 0.628.